The Morgan fingerprint density at radius 3 is 2.70 bits per heavy atom. The van der Waals surface area contributed by atoms with Crippen molar-refractivity contribution in [3.63, 3.8) is 0 Å². The van der Waals surface area contributed by atoms with Crippen LogP contribution in [0.25, 0.3) is 11.0 Å². The van der Waals surface area contributed by atoms with Gasteiger partial charge in [0, 0.05) is 23.9 Å². The molecule has 0 spiro atoms. The highest BCUT2D eigenvalue weighted by Crippen LogP contribution is 2.34. The average Bonchev–Trinajstić information content (AvgIpc) is 2.81. The normalized spacial score (nSPS) is 11.7. The third kappa shape index (κ3) is 5.63. The number of rotatable bonds is 8. The molecule has 1 atom stereocenters. The Kier molecular flexibility index (Phi) is 7.92. The van der Waals surface area contributed by atoms with E-state index in [2.05, 4.69) is 30.9 Å². The van der Waals surface area contributed by atoms with Gasteiger partial charge in [-0.3, -0.25) is 4.79 Å². The van der Waals surface area contributed by atoms with E-state index in [-0.39, 0.29) is 29.1 Å². The first-order valence-corrected chi connectivity index (χ1v) is 11.1. The maximum Gasteiger partial charge on any atom is 0.340 e. The second-order valence-corrected chi connectivity index (χ2v) is 8.18. The Morgan fingerprint density at radius 2 is 1.97 bits per heavy atom. The summed E-state index contributed by atoms with van der Waals surface area (Å²) in [5, 5.41) is 20.0. The zero-order chi connectivity index (χ0) is 24.0. The standard InChI is InChI=1S/C27H29NO5/c1-3-7-19(20-10-6-8-18(14-20)16-28)9-4-5-11-21(29)15-23-17(2)22-12-13-24(30)25(31)26(22)33-27(23)32/h6,8,10,12-14,19,30-31H,3-4,7,9,15-16,28H2,1-2H3. The SMILES string of the molecule is CCCC(CCC#CC(=O)Cc1c(C)c2ccc(O)c(O)c2oc1=O)c1cccc(CN)c1. The summed E-state index contributed by atoms with van der Waals surface area (Å²) < 4.78 is 5.16. The summed E-state index contributed by atoms with van der Waals surface area (Å²) in [5.74, 6) is 4.71. The molecule has 3 aromatic rings. The van der Waals surface area contributed by atoms with Crippen molar-refractivity contribution in [2.45, 2.75) is 58.4 Å². The molecule has 6 nitrogen and oxygen atoms in total. The van der Waals surface area contributed by atoms with Crippen LogP contribution in [0.5, 0.6) is 11.5 Å². The lowest BCUT2D eigenvalue weighted by atomic mass is 9.89. The summed E-state index contributed by atoms with van der Waals surface area (Å²) in [5.41, 5.74) is 8.01. The van der Waals surface area contributed by atoms with Crippen LogP contribution in [0.2, 0.25) is 0 Å². The molecule has 0 aliphatic rings. The number of aryl methyl sites for hydroxylation is 1. The fourth-order valence-corrected chi connectivity index (χ4v) is 4.05. The summed E-state index contributed by atoms with van der Waals surface area (Å²) in [6.45, 7) is 4.33. The van der Waals surface area contributed by atoms with Gasteiger partial charge in [0.05, 0.1) is 6.42 Å². The van der Waals surface area contributed by atoms with Crippen molar-refractivity contribution in [3.05, 3.63) is 69.1 Å². The number of phenolic OH excluding ortho intramolecular Hbond substituents is 2. The number of phenols is 2. The predicted molar refractivity (Wildman–Crippen MR) is 128 cm³/mol. The summed E-state index contributed by atoms with van der Waals surface area (Å²) in [4.78, 5) is 24.8. The van der Waals surface area contributed by atoms with Crippen LogP contribution in [0, 0.1) is 18.8 Å². The van der Waals surface area contributed by atoms with E-state index in [1.165, 1.54) is 17.7 Å². The average molecular weight is 448 g/mol. The summed E-state index contributed by atoms with van der Waals surface area (Å²) in [6, 6.07) is 11.1. The van der Waals surface area contributed by atoms with Crippen molar-refractivity contribution in [1.29, 1.82) is 0 Å². The van der Waals surface area contributed by atoms with E-state index in [1.54, 1.807) is 6.92 Å². The highest BCUT2D eigenvalue weighted by Gasteiger charge is 2.17. The summed E-state index contributed by atoms with van der Waals surface area (Å²) in [6.07, 6.45) is 3.32. The largest absolute Gasteiger partial charge is 0.504 e. The van der Waals surface area contributed by atoms with Crippen LogP contribution in [-0.4, -0.2) is 16.0 Å². The van der Waals surface area contributed by atoms with Crippen molar-refractivity contribution >= 4 is 16.8 Å². The maximum absolute atomic E-state index is 12.4. The number of fused-ring (bicyclic) bond motifs is 1. The van der Waals surface area contributed by atoms with E-state index in [0.29, 0.717) is 29.8 Å². The van der Waals surface area contributed by atoms with Gasteiger partial charge in [0.2, 0.25) is 11.5 Å². The van der Waals surface area contributed by atoms with Gasteiger partial charge in [-0.05, 0) is 60.4 Å². The molecule has 1 aromatic heterocycles. The van der Waals surface area contributed by atoms with Crippen LogP contribution in [0.15, 0.2) is 45.6 Å². The van der Waals surface area contributed by atoms with Crippen LogP contribution < -0.4 is 11.4 Å². The van der Waals surface area contributed by atoms with Gasteiger partial charge in [0.15, 0.2) is 11.3 Å². The van der Waals surface area contributed by atoms with Crippen LogP contribution >= 0.6 is 0 Å². The van der Waals surface area contributed by atoms with Crippen LogP contribution in [-0.2, 0) is 17.8 Å². The number of ketones is 1. The smallest absolute Gasteiger partial charge is 0.340 e. The number of carbonyl (C=O) groups is 1. The lowest BCUT2D eigenvalue weighted by molar-refractivity contribution is -0.113. The summed E-state index contributed by atoms with van der Waals surface area (Å²) >= 11 is 0. The van der Waals surface area contributed by atoms with E-state index in [1.807, 2.05) is 12.1 Å². The van der Waals surface area contributed by atoms with Gasteiger partial charge >= 0.3 is 5.63 Å². The number of carbonyl (C=O) groups excluding carboxylic acids is 1. The molecule has 0 amide bonds. The highest BCUT2D eigenvalue weighted by atomic mass is 16.4. The monoisotopic (exact) mass is 447 g/mol. The second kappa shape index (κ2) is 10.8. The van der Waals surface area contributed by atoms with Gasteiger partial charge in [-0.2, -0.15) is 0 Å². The van der Waals surface area contributed by atoms with Gasteiger partial charge in [-0.15, -0.1) is 0 Å². The molecule has 172 valence electrons. The van der Waals surface area contributed by atoms with Crippen LogP contribution in [0.1, 0.15) is 60.8 Å². The maximum atomic E-state index is 12.4. The van der Waals surface area contributed by atoms with Gasteiger partial charge in [0.1, 0.15) is 0 Å². The number of benzene rings is 2. The third-order valence-corrected chi connectivity index (χ3v) is 5.89. The van der Waals surface area contributed by atoms with E-state index in [0.717, 1.165) is 24.8 Å². The molecule has 6 heteroatoms. The predicted octanol–water partition coefficient (Wildman–Crippen LogP) is 4.45. The number of hydrogen-bond donors (Lipinski definition) is 3. The van der Waals surface area contributed by atoms with Crippen molar-refractivity contribution in [2.24, 2.45) is 5.73 Å². The molecule has 0 aliphatic heterocycles. The number of aromatic hydroxyl groups is 2. The number of nitrogens with two attached hydrogens (primary N) is 1. The van der Waals surface area contributed by atoms with E-state index in [4.69, 9.17) is 10.2 Å². The fourth-order valence-electron chi connectivity index (χ4n) is 4.05. The molecule has 4 N–H and O–H groups in total. The number of hydrogen-bond acceptors (Lipinski definition) is 6. The molecule has 0 fully saturated rings. The van der Waals surface area contributed by atoms with Gasteiger partial charge in [-0.25, -0.2) is 4.79 Å². The lowest BCUT2D eigenvalue weighted by Crippen LogP contribution is -2.14. The topological polar surface area (TPSA) is 114 Å². The minimum atomic E-state index is -0.723. The van der Waals surface area contributed by atoms with Crippen molar-refractivity contribution in [3.8, 4) is 23.3 Å². The van der Waals surface area contributed by atoms with Crippen molar-refractivity contribution in [2.75, 3.05) is 0 Å². The molecule has 0 saturated carbocycles. The third-order valence-electron chi connectivity index (χ3n) is 5.89. The molecule has 2 aromatic carbocycles. The van der Waals surface area contributed by atoms with Crippen LogP contribution in [0.3, 0.4) is 0 Å². The Labute approximate surface area is 193 Å². The van der Waals surface area contributed by atoms with E-state index in [9.17, 15) is 19.8 Å². The zero-order valence-corrected chi connectivity index (χ0v) is 19.0. The molecule has 0 aliphatic carbocycles. The Balaban J connectivity index is 1.70. The highest BCUT2D eigenvalue weighted by molar-refractivity contribution is 5.98. The molecule has 3 rings (SSSR count). The molecular weight excluding hydrogens is 418 g/mol. The van der Waals surface area contributed by atoms with Crippen molar-refractivity contribution in [1.82, 2.24) is 0 Å². The van der Waals surface area contributed by atoms with Gasteiger partial charge in [-0.1, -0.05) is 43.5 Å². The molecule has 0 radical (unpaired) electrons. The quantitative estimate of drug-likeness (QED) is 0.203. The first-order chi connectivity index (χ1) is 15.8. The Morgan fingerprint density at radius 1 is 1.18 bits per heavy atom. The first kappa shape index (κ1) is 24.1. The minimum absolute atomic E-state index is 0.0968. The molecule has 33 heavy (non-hydrogen) atoms. The molecule has 0 saturated heterocycles. The first-order valence-electron chi connectivity index (χ1n) is 11.1. The zero-order valence-electron chi connectivity index (χ0n) is 19.0. The van der Waals surface area contributed by atoms with Crippen molar-refractivity contribution < 1.29 is 19.4 Å². The summed E-state index contributed by atoms with van der Waals surface area (Å²) in [7, 11) is 0. The molecular formula is C27H29NO5. The molecule has 1 heterocycles. The Bertz CT molecular complexity index is 1280. The molecule has 1 unspecified atom stereocenters. The molecule has 0 bridgehead atoms. The second-order valence-electron chi connectivity index (χ2n) is 8.18. The van der Waals surface area contributed by atoms with E-state index < -0.39 is 11.4 Å². The lowest BCUT2D eigenvalue weighted by Gasteiger charge is -2.16. The van der Waals surface area contributed by atoms with Crippen LogP contribution in [0.4, 0.5) is 0 Å². The Hall–Kier alpha value is -3.56. The van der Waals surface area contributed by atoms with E-state index >= 15 is 0 Å². The minimum Gasteiger partial charge on any atom is -0.504 e. The fraction of sp³-hybridized carbons (Fsp3) is 0.333. The van der Waals surface area contributed by atoms with Gasteiger partial charge < -0.3 is 20.4 Å². The number of Topliss-reactive ketones (excluding diaryl/α,β-unsaturated/α-hetero) is 1. The van der Waals surface area contributed by atoms with Gasteiger partial charge in [0.25, 0.3) is 0 Å².